The van der Waals surface area contributed by atoms with Gasteiger partial charge < -0.3 is 10.1 Å². The van der Waals surface area contributed by atoms with E-state index in [-0.39, 0.29) is 11.8 Å². The number of rotatable bonds is 4. The SMILES string of the molecule is COC(=O)[C@H](NC(=O)c1cnn(C)c1C)C(C)C. The molecular weight excluding hydrogens is 234 g/mol. The molecule has 1 heterocycles. The van der Waals surface area contributed by atoms with E-state index in [4.69, 9.17) is 0 Å². The number of hydrogen-bond acceptors (Lipinski definition) is 4. The van der Waals surface area contributed by atoms with Gasteiger partial charge in [0.05, 0.1) is 18.9 Å². The lowest BCUT2D eigenvalue weighted by molar-refractivity contribution is -0.144. The van der Waals surface area contributed by atoms with Gasteiger partial charge in [0.25, 0.3) is 5.91 Å². The van der Waals surface area contributed by atoms with Crippen molar-refractivity contribution < 1.29 is 14.3 Å². The highest BCUT2D eigenvalue weighted by molar-refractivity contribution is 5.97. The summed E-state index contributed by atoms with van der Waals surface area (Å²) < 4.78 is 6.28. The molecule has 0 radical (unpaired) electrons. The van der Waals surface area contributed by atoms with Crippen LogP contribution < -0.4 is 5.32 Å². The summed E-state index contributed by atoms with van der Waals surface area (Å²) in [5.74, 6) is -0.803. The Morgan fingerprint density at radius 3 is 2.44 bits per heavy atom. The van der Waals surface area contributed by atoms with Crippen molar-refractivity contribution in [3.63, 3.8) is 0 Å². The molecule has 0 spiro atoms. The molecule has 100 valence electrons. The lowest BCUT2D eigenvalue weighted by atomic mass is 10.0. The van der Waals surface area contributed by atoms with E-state index in [1.807, 2.05) is 13.8 Å². The van der Waals surface area contributed by atoms with Gasteiger partial charge in [0.1, 0.15) is 6.04 Å². The average molecular weight is 253 g/mol. The normalized spacial score (nSPS) is 12.3. The Hall–Kier alpha value is -1.85. The maximum atomic E-state index is 12.0. The third kappa shape index (κ3) is 2.88. The highest BCUT2D eigenvalue weighted by atomic mass is 16.5. The Morgan fingerprint density at radius 1 is 1.44 bits per heavy atom. The molecule has 0 saturated carbocycles. The molecule has 1 aromatic heterocycles. The van der Waals surface area contributed by atoms with E-state index in [9.17, 15) is 9.59 Å². The highest BCUT2D eigenvalue weighted by Gasteiger charge is 2.26. The summed E-state index contributed by atoms with van der Waals surface area (Å²) in [5.41, 5.74) is 1.21. The van der Waals surface area contributed by atoms with Crippen molar-refractivity contribution in [3.8, 4) is 0 Å². The Morgan fingerprint density at radius 2 is 2.06 bits per heavy atom. The maximum absolute atomic E-state index is 12.0. The first-order valence-electron chi connectivity index (χ1n) is 5.75. The summed E-state index contributed by atoms with van der Waals surface area (Å²) in [6.07, 6.45) is 1.49. The van der Waals surface area contributed by atoms with Crippen LogP contribution in [0.1, 0.15) is 29.9 Å². The number of aryl methyl sites for hydroxylation is 1. The van der Waals surface area contributed by atoms with E-state index in [0.29, 0.717) is 5.56 Å². The molecule has 0 unspecified atom stereocenters. The van der Waals surface area contributed by atoms with Gasteiger partial charge >= 0.3 is 5.97 Å². The monoisotopic (exact) mass is 253 g/mol. The summed E-state index contributed by atoms with van der Waals surface area (Å²) >= 11 is 0. The molecule has 0 fully saturated rings. The Bertz CT molecular complexity index is 451. The highest BCUT2D eigenvalue weighted by Crippen LogP contribution is 2.09. The quantitative estimate of drug-likeness (QED) is 0.800. The molecule has 0 aromatic carbocycles. The fourth-order valence-electron chi connectivity index (χ4n) is 1.57. The fourth-order valence-corrected chi connectivity index (χ4v) is 1.57. The van der Waals surface area contributed by atoms with Crippen LogP contribution in [-0.2, 0) is 16.6 Å². The van der Waals surface area contributed by atoms with Gasteiger partial charge in [-0.3, -0.25) is 9.48 Å². The van der Waals surface area contributed by atoms with Gasteiger partial charge in [0.2, 0.25) is 0 Å². The molecule has 6 nitrogen and oxygen atoms in total. The van der Waals surface area contributed by atoms with Crippen molar-refractivity contribution in [3.05, 3.63) is 17.5 Å². The smallest absolute Gasteiger partial charge is 0.328 e. The van der Waals surface area contributed by atoms with Crippen LogP contribution in [0.2, 0.25) is 0 Å². The number of nitrogens with one attached hydrogen (secondary N) is 1. The van der Waals surface area contributed by atoms with Crippen molar-refractivity contribution in [2.45, 2.75) is 26.8 Å². The summed E-state index contributed by atoms with van der Waals surface area (Å²) in [6, 6.07) is -0.651. The number of methoxy groups -OCH3 is 1. The van der Waals surface area contributed by atoms with Crippen LogP contribution in [0.5, 0.6) is 0 Å². The number of nitrogens with zero attached hydrogens (tertiary/aromatic N) is 2. The van der Waals surface area contributed by atoms with Crippen molar-refractivity contribution in [1.29, 1.82) is 0 Å². The molecule has 18 heavy (non-hydrogen) atoms. The first kappa shape index (κ1) is 14.2. The van der Waals surface area contributed by atoms with Crippen LogP contribution in [0.3, 0.4) is 0 Å². The summed E-state index contributed by atoms with van der Waals surface area (Å²) in [6.45, 7) is 5.49. The minimum absolute atomic E-state index is 0.0432. The van der Waals surface area contributed by atoms with Gasteiger partial charge in [-0.15, -0.1) is 0 Å². The zero-order valence-electron chi connectivity index (χ0n) is 11.4. The number of amides is 1. The minimum atomic E-state index is -0.651. The molecule has 0 aliphatic rings. The van der Waals surface area contributed by atoms with Crippen LogP contribution >= 0.6 is 0 Å². The fraction of sp³-hybridized carbons (Fsp3) is 0.583. The second-order valence-electron chi connectivity index (χ2n) is 4.49. The zero-order chi connectivity index (χ0) is 13.9. The number of carbonyl (C=O) groups is 2. The Kier molecular flexibility index (Phi) is 4.47. The Balaban J connectivity index is 2.85. The maximum Gasteiger partial charge on any atom is 0.328 e. The van der Waals surface area contributed by atoms with Crippen LogP contribution in [0, 0.1) is 12.8 Å². The van der Waals surface area contributed by atoms with E-state index in [1.165, 1.54) is 13.3 Å². The van der Waals surface area contributed by atoms with Gasteiger partial charge in [-0.25, -0.2) is 4.79 Å². The first-order valence-corrected chi connectivity index (χ1v) is 5.75. The first-order chi connectivity index (χ1) is 8.38. The lowest BCUT2D eigenvalue weighted by Crippen LogP contribution is -2.45. The van der Waals surface area contributed by atoms with Crippen molar-refractivity contribution >= 4 is 11.9 Å². The standard InChI is InChI=1S/C12H19N3O3/c1-7(2)10(12(17)18-5)14-11(16)9-6-13-15(4)8(9)3/h6-7,10H,1-5H3,(H,14,16)/t10-/m1/s1. The van der Waals surface area contributed by atoms with E-state index < -0.39 is 12.0 Å². The van der Waals surface area contributed by atoms with E-state index in [1.54, 1.807) is 18.7 Å². The number of ether oxygens (including phenoxy) is 1. The Labute approximate surface area is 106 Å². The van der Waals surface area contributed by atoms with E-state index in [0.717, 1.165) is 5.69 Å². The third-order valence-electron chi connectivity index (χ3n) is 2.89. The second kappa shape index (κ2) is 5.66. The molecule has 6 heteroatoms. The van der Waals surface area contributed by atoms with Crippen molar-refractivity contribution in [2.75, 3.05) is 7.11 Å². The molecule has 1 rings (SSSR count). The number of carbonyl (C=O) groups excluding carboxylic acids is 2. The summed E-state index contributed by atoms with van der Waals surface area (Å²) in [4.78, 5) is 23.6. The number of hydrogen-bond donors (Lipinski definition) is 1. The summed E-state index contributed by atoms with van der Waals surface area (Å²) in [7, 11) is 3.06. The zero-order valence-corrected chi connectivity index (χ0v) is 11.4. The largest absolute Gasteiger partial charge is 0.467 e. The summed E-state index contributed by atoms with van der Waals surface area (Å²) in [5, 5.41) is 6.66. The van der Waals surface area contributed by atoms with Gasteiger partial charge in [0.15, 0.2) is 0 Å². The van der Waals surface area contributed by atoms with Crippen LogP contribution in [0.4, 0.5) is 0 Å². The average Bonchev–Trinajstić information content (AvgIpc) is 2.65. The molecule has 1 atom stereocenters. The van der Waals surface area contributed by atoms with Gasteiger partial charge in [-0.1, -0.05) is 13.8 Å². The number of aromatic nitrogens is 2. The van der Waals surface area contributed by atoms with Gasteiger partial charge in [-0.05, 0) is 12.8 Å². The molecule has 0 bridgehead atoms. The molecule has 0 aliphatic carbocycles. The predicted molar refractivity (Wildman–Crippen MR) is 66.1 cm³/mol. The second-order valence-corrected chi connectivity index (χ2v) is 4.49. The van der Waals surface area contributed by atoms with Crippen LogP contribution in [0.15, 0.2) is 6.20 Å². The molecule has 0 saturated heterocycles. The minimum Gasteiger partial charge on any atom is -0.467 e. The molecule has 1 N–H and O–H groups in total. The molecule has 0 aliphatic heterocycles. The van der Waals surface area contributed by atoms with Gasteiger partial charge in [0, 0.05) is 12.7 Å². The third-order valence-corrected chi connectivity index (χ3v) is 2.89. The van der Waals surface area contributed by atoms with Crippen molar-refractivity contribution in [2.24, 2.45) is 13.0 Å². The number of esters is 1. The topological polar surface area (TPSA) is 73.2 Å². The molecule has 1 aromatic rings. The van der Waals surface area contributed by atoms with E-state index in [2.05, 4.69) is 15.2 Å². The molecule has 1 amide bonds. The lowest BCUT2D eigenvalue weighted by Gasteiger charge is -2.19. The van der Waals surface area contributed by atoms with Crippen LogP contribution in [-0.4, -0.2) is 34.8 Å². The van der Waals surface area contributed by atoms with E-state index >= 15 is 0 Å². The van der Waals surface area contributed by atoms with Crippen molar-refractivity contribution in [1.82, 2.24) is 15.1 Å². The predicted octanol–water partition coefficient (Wildman–Crippen LogP) is 0.656. The van der Waals surface area contributed by atoms with Crippen LogP contribution in [0.25, 0.3) is 0 Å². The van der Waals surface area contributed by atoms with Gasteiger partial charge in [-0.2, -0.15) is 5.10 Å². The molecular formula is C12H19N3O3.